The number of allylic oxidation sites excluding steroid dienone is 1. The van der Waals surface area contributed by atoms with Crippen molar-refractivity contribution >= 4 is 12.0 Å². The molecule has 0 atom stereocenters. The Morgan fingerprint density at radius 2 is 2.12 bits per heavy atom. The summed E-state index contributed by atoms with van der Waals surface area (Å²) in [6.07, 6.45) is 5.39. The zero-order valence-corrected chi connectivity index (χ0v) is 14.4. The van der Waals surface area contributed by atoms with Crippen LogP contribution in [0.15, 0.2) is 24.5 Å². The minimum Gasteiger partial charge on any atom is -0.493 e. The number of carbonyl (C=O) groups excluding carboxylic acids is 1. The monoisotopic (exact) mass is 330 g/mol. The van der Waals surface area contributed by atoms with E-state index in [-0.39, 0.29) is 5.91 Å². The first kappa shape index (κ1) is 17.5. The van der Waals surface area contributed by atoms with E-state index in [2.05, 4.69) is 15.5 Å². The maximum atomic E-state index is 12.5. The van der Waals surface area contributed by atoms with Gasteiger partial charge in [0.25, 0.3) is 5.91 Å². The third-order valence-electron chi connectivity index (χ3n) is 3.56. The molecule has 0 saturated heterocycles. The molecule has 7 nitrogen and oxygen atoms in total. The number of nitrogens with one attached hydrogen (secondary N) is 1. The largest absolute Gasteiger partial charge is 0.493 e. The van der Waals surface area contributed by atoms with Crippen molar-refractivity contribution in [2.75, 3.05) is 14.2 Å². The molecule has 1 aromatic carbocycles. The molecular formula is C17H22N4O3. The Bertz CT molecular complexity index is 737. The molecule has 1 heterocycles. The summed E-state index contributed by atoms with van der Waals surface area (Å²) in [4.78, 5) is 12.5. The Hall–Kier alpha value is -2.83. The van der Waals surface area contributed by atoms with Crippen LogP contribution in [-0.2, 0) is 13.1 Å². The molecule has 0 aliphatic rings. The van der Waals surface area contributed by atoms with Crippen LogP contribution in [0.1, 0.15) is 35.6 Å². The van der Waals surface area contributed by atoms with Crippen LogP contribution in [0.3, 0.4) is 0 Å². The number of ether oxygens (including phenoxy) is 2. The normalized spacial score (nSPS) is 10.8. The van der Waals surface area contributed by atoms with Gasteiger partial charge < -0.3 is 19.4 Å². The van der Waals surface area contributed by atoms with Crippen molar-refractivity contribution in [1.29, 1.82) is 0 Å². The molecule has 1 aromatic heterocycles. The van der Waals surface area contributed by atoms with E-state index < -0.39 is 0 Å². The second-order valence-electron chi connectivity index (χ2n) is 5.02. The fraction of sp³-hybridized carbons (Fsp3) is 0.353. The number of aryl methyl sites for hydroxylation is 1. The average molecular weight is 330 g/mol. The molecule has 0 aliphatic heterocycles. The van der Waals surface area contributed by atoms with Gasteiger partial charge in [-0.2, -0.15) is 0 Å². The lowest BCUT2D eigenvalue weighted by molar-refractivity contribution is 0.0949. The second-order valence-corrected chi connectivity index (χ2v) is 5.02. The summed E-state index contributed by atoms with van der Waals surface area (Å²) in [5.74, 6) is 1.60. The van der Waals surface area contributed by atoms with Gasteiger partial charge in [0.1, 0.15) is 6.33 Å². The van der Waals surface area contributed by atoms with Gasteiger partial charge in [-0.05, 0) is 26.0 Å². The number of hydrogen-bond acceptors (Lipinski definition) is 5. The van der Waals surface area contributed by atoms with Crippen molar-refractivity contribution in [1.82, 2.24) is 20.1 Å². The fourth-order valence-corrected chi connectivity index (χ4v) is 2.37. The second kappa shape index (κ2) is 8.14. The van der Waals surface area contributed by atoms with Crippen molar-refractivity contribution in [3.8, 4) is 11.5 Å². The Balaban J connectivity index is 2.24. The van der Waals surface area contributed by atoms with E-state index in [1.165, 1.54) is 0 Å². The zero-order chi connectivity index (χ0) is 17.5. The van der Waals surface area contributed by atoms with Gasteiger partial charge in [0, 0.05) is 17.7 Å². The summed E-state index contributed by atoms with van der Waals surface area (Å²) in [6.45, 7) is 4.95. The summed E-state index contributed by atoms with van der Waals surface area (Å²) in [6, 6.07) is 3.42. The quantitative estimate of drug-likeness (QED) is 0.842. The van der Waals surface area contributed by atoms with Gasteiger partial charge in [0.05, 0.1) is 20.8 Å². The number of nitrogens with zero attached hydrogens (tertiary/aromatic N) is 3. The van der Waals surface area contributed by atoms with Crippen LogP contribution < -0.4 is 14.8 Å². The molecule has 0 bridgehead atoms. The summed E-state index contributed by atoms with van der Waals surface area (Å²) in [7, 11) is 3.12. The summed E-state index contributed by atoms with van der Waals surface area (Å²) in [5.41, 5.74) is 1.27. The number of benzene rings is 1. The smallest absolute Gasteiger partial charge is 0.251 e. The first-order valence-corrected chi connectivity index (χ1v) is 7.68. The van der Waals surface area contributed by atoms with Crippen molar-refractivity contribution in [2.24, 2.45) is 0 Å². The van der Waals surface area contributed by atoms with Gasteiger partial charge >= 0.3 is 0 Å². The molecule has 2 rings (SSSR count). The number of aromatic nitrogens is 3. The third kappa shape index (κ3) is 3.73. The highest BCUT2D eigenvalue weighted by Gasteiger charge is 2.15. The number of rotatable bonds is 7. The van der Waals surface area contributed by atoms with Crippen LogP contribution in [0, 0.1) is 0 Å². The molecule has 24 heavy (non-hydrogen) atoms. The lowest BCUT2D eigenvalue weighted by Crippen LogP contribution is -2.24. The third-order valence-corrected chi connectivity index (χ3v) is 3.56. The van der Waals surface area contributed by atoms with Crippen LogP contribution in [0.25, 0.3) is 6.08 Å². The van der Waals surface area contributed by atoms with Gasteiger partial charge in [0.15, 0.2) is 17.3 Å². The van der Waals surface area contributed by atoms with Gasteiger partial charge in [-0.25, -0.2) is 0 Å². The molecule has 0 spiro atoms. The van der Waals surface area contributed by atoms with Crippen molar-refractivity contribution in [3.63, 3.8) is 0 Å². The predicted molar refractivity (Wildman–Crippen MR) is 91.1 cm³/mol. The minimum absolute atomic E-state index is 0.215. The van der Waals surface area contributed by atoms with E-state index in [4.69, 9.17) is 9.47 Å². The van der Waals surface area contributed by atoms with Crippen molar-refractivity contribution in [3.05, 3.63) is 41.5 Å². The van der Waals surface area contributed by atoms with Crippen molar-refractivity contribution in [2.45, 2.75) is 26.9 Å². The molecule has 2 aromatic rings. The number of carbonyl (C=O) groups is 1. The number of methoxy groups -OCH3 is 2. The molecule has 128 valence electrons. The maximum absolute atomic E-state index is 12.5. The summed E-state index contributed by atoms with van der Waals surface area (Å²) in [5, 5.41) is 10.7. The van der Waals surface area contributed by atoms with Crippen LogP contribution in [-0.4, -0.2) is 34.9 Å². The van der Waals surface area contributed by atoms with E-state index in [0.29, 0.717) is 29.4 Å². The average Bonchev–Trinajstić information content (AvgIpc) is 3.06. The molecule has 0 unspecified atom stereocenters. The molecule has 1 amide bonds. The van der Waals surface area contributed by atoms with E-state index in [1.54, 1.807) is 32.7 Å². The maximum Gasteiger partial charge on any atom is 0.251 e. The zero-order valence-electron chi connectivity index (χ0n) is 14.4. The summed E-state index contributed by atoms with van der Waals surface area (Å²) < 4.78 is 12.6. The highest BCUT2D eigenvalue weighted by Crippen LogP contribution is 2.33. The molecule has 1 N–H and O–H groups in total. The predicted octanol–water partition coefficient (Wildman–Crippen LogP) is 2.28. The standard InChI is InChI=1S/C17H22N4O3/c1-5-7-12-8-13(9-14(23-3)16(12)24-4)17(22)18-10-15-20-19-11-21(15)6-2/h5,7-9,11H,6,10H2,1-4H3,(H,18,22)/b7-5+. The highest BCUT2D eigenvalue weighted by atomic mass is 16.5. The Kier molecular flexibility index (Phi) is 5.95. The van der Waals surface area contributed by atoms with Crippen LogP contribution in [0.2, 0.25) is 0 Å². The Morgan fingerprint density at radius 1 is 1.33 bits per heavy atom. The molecule has 0 saturated carbocycles. The number of amides is 1. The van der Waals surface area contributed by atoms with Crippen LogP contribution in [0.4, 0.5) is 0 Å². The lowest BCUT2D eigenvalue weighted by Gasteiger charge is -2.13. The molecule has 0 aliphatic carbocycles. The van der Waals surface area contributed by atoms with E-state index in [0.717, 1.165) is 12.1 Å². The van der Waals surface area contributed by atoms with Crippen LogP contribution in [0.5, 0.6) is 11.5 Å². The topological polar surface area (TPSA) is 78.3 Å². The first-order chi connectivity index (χ1) is 11.6. The summed E-state index contributed by atoms with van der Waals surface area (Å²) >= 11 is 0. The van der Waals surface area contributed by atoms with Crippen LogP contribution >= 0.6 is 0 Å². The molecule has 0 fully saturated rings. The van der Waals surface area contributed by atoms with E-state index in [1.807, 2.05) is 30.6 Å². The molecule has 0 radical (unpaired) electrons. The lowest BCUT2D eigenvalue weighted by atomic mass is 10.1. The molecule has 7 heteroatoms. The fourth-order valence-electron chi connectivity index (χ4n) is 2.37. The Morgan fingerprint density at radius 3 is 2.75 bits per heavy atom. The van der Waals surface area contributed by atoms with Crippen molar-refractivity contribution < 1.29 is 14.3 Å². The number of hydrogen-bond donors (Lipinski definition) is 1. The Labute approximate surface area is 141 Å². The molecular weight excluding hydrogens is 308 g/mol. The van der Waals surface area contributed by atoms with E-state index in [9.17, 15) is 4.79 Å². The SMILES string of the molecule is C/C=C/c1cc(C(=O)NCc2nncn2CC)cc(OC)c1OC. The minimum atomic E-state index is -0.215. The highest BCUT2D eigenvalue weighted by molar-refractivity contribution is 5.95. The first-order valence-electron chi connectivity index (χ1n) is 7.68. The van der Waals surface area contributed by atoms with Gasteiger partial charge in [-0.3, -0.25) is 4.79 Å². The van der Waals surface area contributed by atoms with Gasteiger partial charge in [0.2, 0.25) is 0 Å². The van der Waals surface area contributed by atoms with Gasteiger partial charge in [-0.15, -0.1) is 10.2 Å². The van der Waals surface area contributed by atoms with E-state index >= 15 is 0 Å². The van der Waals surface area contributed by atoms with Gasteiger partial charge in [-0.1, -0.05) is 12.2 Å².